The van der Waals surface area contributed by atoms with E-state index in [9.17, 15) is 4.79 Å². The number of pyridine rings is 1. The van der Waals surface area contributed by atoms with Crippen LogP contribution in [0.3, 0.4) is 0 Å². The largest absolute Gasteiger partial charge is 0.487 e. The summed E-state index contributed by atoms with van der Waals surface area (Å²) in [5, 5.41) is 3.45. The molecule has 1 aliphatic heterocycles. The van der Waals surface area contributed by atoms with Crippen molar-refractivity contribution in [2.24, 2.45) is 11.7 Å². The number of amides is 1. The van der Waals surface area contributed by atoms with Gasteiger partial charge in [-0.05, 0) is 24.3 Å². The Balaban J connectivity index is 1.99. The molecular formula is C18H20ClN3O2. The molecule has 0 spiro atoms. The third-order valence-corrected chi connectivity index (χ3v) is 4.26. The second-order valence-corrected chi connectivity index (χ2v) is 6.58. The number of hydrogen-bond donors (Lipinski definition) is 2. The van der Waals surface area contributed by atoms with Gasteiger partial charge in [-0.2, -0.15) is 0 Å². The zero-order chi connectivity index (χ0) is 17.3. The van der Waals surface area contributed by atoms with E-state index in [1.165, 1.54) is 0 Å². The molecule has 0 fully saturated rings. The maximum Gasteiger partial charge on any atom is 0.226 e. The highest BCUT2D eigenvalue weighted by Crippen LogP contribution is 2.40. The number of carbonyl (C=O) groups is 1. The van der Waals surface area contributed by atoms with Gasteiger partial charge in [0.05, 0.1) is 16.4 Å². The lowest BCUT2D eigenvalue weighted by Crippen LogP contribution is -2.24. The van der Waals surface area contributed by atoms with Crippen LogP contribution in [0.1, 0.15) is 19.4 Å². The second-order valence-electron chi connectivity index (χ2n) is 6.17. The van der Waals surface area contributed by atoms with Gasteiger partial charge in [0.25, 0.3) is 0 Å². The lowest BCUT2D eigenvalue weighted by molar-refractivity contribution is -0.118. The summed E-state index contributed by atoms with van der Waals surface area (Å²) < 4.78 is 5.76. The van der Waals surface area contributed by atoms with Gasteiger partial charge in [0, 0.05) is 36.2 Å². The summed E-state index contributed by atoms with van der Waals surface area (Å²) in [5.41, 5.74) is 8.91. The summed E-state index contributed by atoms with van der Waals surface area (Å²) in [7, 11) is 0. The molecular weight excluding hydrogens is 326 g/mol. The molecule has 2 heterocycles. The molecule has 1 aromatic carbocycles. The fourth-order valence-electron chi connectivity index (χ4n) is 2.67. The van der Waals surface area contributed by atoms with Gasteiger partial charge < -0.3 is 15.8 Å². The fourth-order valence-corrected chi connectivity index (χ4v) is 2.95. The monoisotopic (exact) mass is 345 g/mol. The van der Waals surface area contributed by atoms with Crippen molar-refractivity contribution in [2.75, 3.05) is 11.9 Å². The van der Waals surface area contributed by atoms with Gasteiger partial charge in [0.15, 0.2) is 0 Å². The Labute approximate surface area is 146 Å². The Morgan fingerprint density at radius 1 is 1.50 bits per heavy atom. The first-order valence-corrected chi connectivity index (χ1v) is 8.32. The minimum atomic E-state index is -0.111. The van der Waals surface area contributed by atoms with Gasteiger partial charge in [-0.15, -0.1) is 0 Å². The number of anilines is 1. The van der Waals surface area contributed by atoms with Gasteiger partial charge in [-0.3, -0.25) is 9.78 Å². The van der Waals surface area contributed by atoms with Crippen molar-refractivity contribution < 1.29 is 9.53 Å². The number of aromatic nitrogens is 1. The SMILES string of the molecule is CC(C)C(=O)Nc1cccnc1-c1cc(Cl)c2c(c1)C[C@@H](CN)O2. The third-order valence-electron chi connectivity index (χ3n) is 3.98. The predicted molar refractivity (Wildman–Crippen MR) is 95.3 cm³/mol. The molecule has 1 atom stereocenters. The Hall–Kier alpha value is -2.11. The average Bonchev–Trinajstić information content (AvgIpc) is 2.99. The molecule has 1 amide bonds. The number of ether oxygens (including phenoxy) is 1. The number of halogens is 1. The normalized spacial score (nSPS) is 16.0. The van der Waals surface area contributed by atoms with Crippen LogP contribution in [0.4, 0.5) is 5.69 Å². The van der Waals surface area contributed by atoms with Crippen molar-refractivity contribution in [3.05, 3.63) is 41.0 Å². The standard InChI is InChI=1S/C18H20ClN3O2/c1-10(2)18(23)22-15-4-3-5-21-16(15)11-6-12-7-13(9-20)24-17(12)14(19)8-11/h3-6,8,10,13H,7,9,20H2,1-2H3,(H,22,23)/t13-/m0/s1. The minimum absolute atomic E-state index is 0.0448. The van der Waals surface area contributed by atoms with Crippen molar-refractivity contribution in [3.63, 3.8) is 0 Å². The van der Waals surface area contributed by atoms with E-state index < -0.39 is 0 Å². The first-order chi connectivity index (χ1) is 11.5. The zero-order valence-electron chi connectivity index (χ0n) is 13.7. The van der Waals surface area contributed by atoms with Crippen molar-refractivity contribution in [1.29, 1.82) is 0 Å². The van der Waals surface area contributed by atoms with Crippen LogP contribution in [0.15, 0.2) is 30.5 Å². The molecule has 6 heteroatoms. The molecule has 0 saturated carbocycles. The number of hydrogen-bond acceptors (Lipinski definition) is 4. The molecule has 1 aromatic heterocycles. The van der Waals surface area contributed by atoms with Crippen molar-refractivity contribution in [1.82, 2.24) is 4.98 Å². The van der Waals surface area contributed by atoms with Crippen LogP contribution >= 0.6 is 11.6 Å². The van der Waals surface area contributed by atoms with Gasteiger partial charge in [-0.1, -0.05) is 25.4 Å². The van der Waals surface area contributed by atoms with Crippen LogP contribution in [0, 0.1) is 5.92 Å². The maximum atomic E-state index is 12.0. The van der Waals surface area contributed by atoms with E-state index in [-0.39, 0.29) is 17.9 Å². The highest BCUT2D eigenvalue weighted by Gasteiger charge is 2.25. The van der Waals surface area contributed by atoms with Crippen molar-refractivity contribution >= 4 is 23.2 Å². The Morgan fingerprint density at radius 2 is 2.29 bits per heavy atom. The molecule has 0 radical (unpaired) electrons. The van der Waals surface area contributed by atoms with Crippen LogP contribution in [-0.2, 0) is 11.2 Å². The molecule has 0 saturated heterocycles. The van der Waals surface area contributed by atoms with Gasteiger partial charge >= 0.3 is 0 Å². The lowest BCUT2D eigenvalue weighted by atomic mass is 10.0. The number of nitrogens with zero attached hydrogens (tertiary/aromatic N) is 1. The van der Waals surface area contributed by atoms with E-state index in [2.05, 4.69) is 10.3 Å². The van der Waals surface area contributed by atoms with Crippen LogP contribution in [0.25, 0.3) is 11.3 Å². The van der Waals surface area contributed by atoms with Crippen molar-refractivity contribution in [3.8, 4) is 17.0 Å². The molecule has 0 bridgehead atoms. The summed E-state index contributed by atoms with van der Waals surface area (Å²) in [4.78, 5) is 16.5. The van der Waals surface area contributed by atoms with Gasteiger partial charge in [0.2, 0.25) is 5.91 Å². The third kappa shape index (κ3) is 3.23. The number of benzene rings is 1. The van der Waals surface area contributed by atoms with Crippen molar-refractivity contribution in [2.45, 2.75) is 26.4 Å². The predicted octanol–water partition coefficient (Wildman–Crippen LogP) is 3.26. The summed E-state index contributed by atoms with van der Waals surface area (Å²) in [6, 6.07) is 7.45. The summed E-state index contributed by atoms with van der Waals surface area (Å²) >= 11 is 6.37. The van der Waals surface area contributed by atoms with E-state index in [1.807, 2.05) is 32.0 Å². The van der Waals surface area contributed by atoms with Crippen LogP contribution in [0.2, 0.25) is 5.02 Å². The molecule has 3 rings (SSSR count). The summed E-state index contributed by atoms with van der Waals surface area (Å²) in [6.45, 7) is 4.14. The topological polar surface area (TPSA) is 77.2 Å². The summed E-state index contributed by atoms with van der Waals surface area (Å²) in [6.07, 6.45) is 2.37. The molecule has 126 valence electrons. The maximum absolute atomic E-state index is 12.0. The van der Waals surface area contributed by atoms with E-state index in [0.717, 1.165) is 17.5 Å². The zero-order valence-corrected chi connectivity index (χ0v) is 14.4. The molecule has 0 aliphatic carbocycles. The Kier molecular flexibility index (Phi) is 4.73. The first kappa shape index (κ1) is 16.7. The van der Waals surface area contributed by atoms with Gasteiger partial charge in [0.1, 0.15) is 11.9 Å². The minimum Gasteiger partial charge on any atom is -0.487 e. The van der Waals surface area contributed by atoms with Crippen LogP contribution in [-0.4, -0.2) is 23.5 Å². The highest BCUT2D eigenvalue weighted by molar-refractivity contribution is 6.32. The highest BCUT2D eigenvalue weighted by atomic mass is 35.5. The molecule has 1 aliphatic rings. The summed E-state index contributed by atoms with van der Waals surface area (Å²) in [5.74, 6) is 0.531. The van der Waals surface area contributed by atoms with Crippen LogP contribution in [0.5, 0.6) is 5.75 Å². The Morgan fingerprint density at radius 3 is 3.00 bits per heavy atom. The molecule has 24 heavy (non-hydrogen) atoms. The molecule has 2 aromatic rings. The van der Waals surface area contributed by atoms with E-state index in [1.54, 1.807) is 12.3 Å². The van der Waals surface area contributed by atoms with E-state index in [0.29, 0.717) is 28.7 Å². The number of rotatable bonds is 4. The number of nitrogens with one attached hydrogen (secondary N) is 1. The second kappa shape index (κ2) is 6.79. The Bertz CT molecular complexity index is 777. The van der Waals surface area contributed by atoms with E-state index in [4.69, 9.17) is 22.1 Å². The molecule has 5 nitrogen and oxygen atoms in total. The van der Waals surface area contributed by atoms with Crippen LogP contribution < -0.4 is 15.8 Å². The smallest absolute Gasteiger partial charge is 0.226 e. The van der Waals surface area contributed by atoms with Gasteiger partial charge in [-0.25, -0.2) is 0 Å². The fraction of sp³-hybridized carbons (Fsp3) is 0.333. The molecule has 3 N–H and O–H groups in total. The number of fused-ring (bicyclic) bond motifs is 1. The number of carbonyl (C=O) groups excluding carboxylic acids is 1. The number of nitrogens with two attached hydrogens (primary N) is 1. The first-order valence-electron chi connectivity index (χ1n) is 7.95. The lowest BCUT2D eigenvalue weighted by Gasteiger charge is -2.13. The molecule has 0 unspecified atom stereocenters. The average molecular weight is 346 g/mol. The quantitative estimate of drug-likeness (QED) is 0.891. The van der Waals surface area contributed by atoms with E-state index >= 15 is 0 Å².